The molecule has 0 radical (unpaired) electrons. The smallest absolute Gasteiger partial charge is 0.319 e. The van der Waals surface area contributed by atoms with Crippen LogP contribution in [0, 0.1) is 0 Å². The van der Waals surface area contributed by atoms with Gasteiger partial charge in [-0.3, -0.25) is 0 Å². The van der Waals surface area contributed by atoms with Crippen molar-refractivity contribution in [1.29, 1.82) is 0 Å². The lowest BCUT2D eigenvalue weighted by Crippen LogP contribution is -2.28. The SMILES string of the molecule is C/C=C/c1ccccc1CNC(=O)Nc1ccccc1. The fraction of sp³-hybridized carbons (Fsp3) is 0.118. The molecule has 0 unspecified atom stereocenters. The minimum Gasteiger partial charge on any atom is -0.334 e. The average Bonchev–Trinajstić information content (AvgIpc) is 2.48. The normalized spacial score (nSPS) is 10.4. The number of hydrogen-bond acceptors (Lipinski definition) is 1. The number of rotatable bonds is 4. The van der Waals surface area contributed by atoms with Crippen LogP contribution in [0.4, 0.5) is 10.5 Å². The van der Waals surface area contributed by atoms with Gasteiger partial charge in [-0.1, -0.05) is 54.6 Å². The molecule has 0 fully saturated rings. The van der Waals surface area contributed by atoms with E-state index in [1.807, 2.05) is 73.7 Å². The predicted molar refractivity (Wildman–Crippen MR) is 83.5 cm³/mol. The van der Waals surface area contributed by atoms with Gasteiger partial charge in [0.25, 0.3) is 0 Å². The Hall–Kier alpha value is -2.55. The van der Waals surface area contributed by atoms with Crippen LogP contribution in [0.2, 0.25) is 0 Å². The van der Waals surface area contributed by atoms with Crippen molar-refractivity contribution in [2.45, 2.75) is 13.5 Å². The summed E-state index contributed by atoms with van der Waals surface area (Å²) in [6, 6.07) is 17.2. The topological polar surface area (TPSA) is 41.1 Å². The van der Waals surface area contributed by atoms with Gasteiger partial charge in [0.05, 0.1) is 0 Å². The van der Waals surface area contributed by atoms with Crippen molar-refractivity contribution in [1.82, 2.24) is 5.32 Å². The second kappa shape index (κ2) is 7.14. The highest BCUT2D eigenvalue weighted by atomic mass is 16.2. The third-order valence-electron chi connectivity index (χ3n) is 2.87. The van der Waals surface area contributed by atoms with E-state index in [1.54, 1.807) is 0 Å². The molecule has 3 nitrogen and oxygen atoms in total. The molecule has 20 heavy (non-hydrogen) atoms. The third-order valence-corrected chi connectivity index (χ3v) is 2.87. The van der Waals surface area contributed by atoms with Crippen molar-refractivity contribution in [2.24, 2.45) is 0 Å². The molecule has 0 spiro atoms. The molecule has 0 aromatic heterocycles. The molecule has 2 amide bonds. The van der Waals surface area contributed by atoms with Gasteiger partial charge in [-0.25, -0.2) is 4.79 Å². The minimum absolute atomic E-state index is 0.202. The Morgan fingerprint density at radius 2 is 1.75 bits per heavy atom. The molecule has 0 saturated heterocycles. The van der Waals surface area contributed by atoms with E-state index < -0.39 is 0 Å². The number of nitrogens with one attached hydrogen (secondary N) is 2. The first-order chi connectivity index (χ1) is 9.79. The maximum atomic E-state index is 11.8. The van der Waals surface area contributed by atoms with E-state index in [-0.39, 0.29) is 6.03 Å². The minimum atomic E-state index is -0.202. The Kier molecular flexibility index (Phi) is 4.95. The number of hydrogen-bond donors (Lipinski definition) is 2. The van der Waals surface area contributed by atoms with Crippen molar-refractivity contribution >= 4 is 17.8 Å². The lowest BCUT2D eigenvalue weighted by molar-refractivity contribution is 0.251. The molecule has 0 aliphatic carbocycles. The van der Waals surface area contributed by atoms with Crippen LogP contribution in [0.5, 0.6) is 0 Å². The van der Waals surface area contributed by atoms with Gasteiger partial charge >= 0.3 is 6.03 Å². The highest BCUT2D eigenvalue weighted by Gasteiger charge is 2.03. The number of anilines is 1. The van der Waals surface area contributed by atoms with Crippen LogP contribution in [0.3, 0.4) is 0 Å². The Bertz CT molecular complexity index is 591. The van der Waals surface area contributed by atoms with E-state index in [9.17, 15) is 4.79 Å². The van der Waals surface area contributed by atoms with Crippen LogP contribution in [-0.4, -0.2) is 6.03 Å². The van der Waals surface area contributed by atoms with E-state index in [0.717, 1.165) is 16.8 Å². The highest BCUT2D eigenvalue weighted by molar-refractivity contribution is 5.89. The molecule has 2 N–H and O–H groups in total. The van der Waals surface area contributed by atoms with E-state index in [0.29, 0.717) is 6.54 Å². The van der Waals surface area contributed by atoms with E-state index in [4.69, 9.17) is 0 Å². The van der Waals surface area contributed by atoms with Crippen molar-refractivity contribution < 1.29 is 4.79 Å². The molecular formula is C17H18N2O. The summed E-state index contributed by atoms with van der Waals surface area (Å²) in [6.07, 6.45) is 4.02. The molecule has 0 aliphatic heterocycles. The van der Waals surface area contributed by atoms with Crippen LogP contribution >= 0.6 is 0 Å². The molecule has 0 heterocycles. The molecule has 0 bridgehead atoms. The lowest BCUT2D eigenvalue weighted by atomic mass is 10.1. The maximum Gasteiger partial charge on any atom is 0.319 e. The Balaban J connectivity index is 1.94. The summed E-state index contributed by atoms with van der Waals surface area (Å²) >= 11 is 0. The zero-order chi connectivity index (χ0) is 14.2. The fourth-order valence-electron chi connectivity index (χ4n) is 1.91. The molecule has 0 aliphatic rings. The van der Waals surface area contributed by atoms with Gasteiger partial charge in [-0.2, -0.15) is 0 Å². The monoisotopic (exact) mass is 266 g/mol. The van der Waals surface area contributed by atoms with Gasteiger partial charge in [0, 0.05) is 12.2 Å². The molecule has 0 atom stereocenters. The molecular weight excluding hydrogens is 248 g/mol. The van der Waals surface area contributed by atoms with Crippen molar-refractivity contribution in [3.05, 3.63) is 71.8 Å². The first-order valence-corrected chi connectivity index (χ1v) is 6.60. The summed E-state index contributed by atoms with van der Waals surface area (Å²) in [4.78, 5) is 11.8. The number of urea groups is 1. The molecule has 102 valence electrons. The quantitative estimate of drug-likeness (QED) is 0.861. The third kappa shape index (κ3) is 3.99. The standard InChI is InChI=1S/C17H18N2O/c1-2-8-14-9-6-7-10-15(14)13-18-17(20)19-16-11-4-3-5-12-16/h2-12H,13H2,1H3,(H2,18,19,20)/b8-2+. The second-order valence-corrected chi connectivity index (χ2v) is 4.37. The average molecular weight is 266 g/mol. The molecule has 2 aromatic rings. The summed E-state index contributed by atoms with van der Waals surface area (Å²) in [5.74, 6) is 0. The predicted octanol–water partition coefficient (Wildman–Crippen LogP) is 4.04. The molecule has 2 aromatic carbocycles. The fourth-order valence-corrected chi connectivity index (χ4v) is 1.91. The summed E-state index contributed by atoms with van der Waals surface area (Å²) in [5, 5.41) is 5.66. The van der Waals surface area contributed by atoms with Crippen LogP contribution < -0.4 is 10.6 Å². The van der Waals surface area contributed by atoms with Gasteiger partial charge in [0.2, 0.25) is 0 Å². The van der Waals surface area contributed by atoms with Crippen LogP contribution in [0.15, 0.2) is 60.7 Å². The van der Waals surface area contributed by atoms with Crippen molar-refractivity contribution in [2.75, 3.05) is 5.32 Å². The summed E-state index contributed by atoms with van der Waals surface area (Å²) in [7, 11) is 0. The lowest BCUT2D eigenvalue weighted by Gasteiger charge is -2.09. The number of amides is 2. The number of para-hydroxylation sites is 1. The maximum absolute atomic E-state index is 11.8. The first kappa shape index (κ1) is 13.9. The van der Waals surface area contributed by atoms with Gasteiger partial charge in [0.1, 0.15) is 0 Å². The number of benzene rings is 2. The van der Waals surface area contributed by atoms with E-state index in [2.05, 4.69) is 10.6 Å². The Morgan fingerprint density at radius 3 is 2.50 bits per heavy atom. The summed E-state index contributed by atoms with van der Waals surface area (Å²) in [5.41, 5.74) is 3.00. The largest absolute Gasteiger partial charge is 0.334 e. The van der Waals surface area contributed by atoms with Crippen molar-refractivity contribution in [3.8, 4) is 0 Å². The van der Waals surface area contributed by atoms with Gasteiger partial charge < -0.3 is 10.6 Å². The van der Waals surface area contributed by atoms with Gasteiger partial charge in [-0.05, 0) is 30.2 Å². The zero-order valence-corrected chi connectivity index (χ0v) is 11.5. The van der Waals surface area contributed by atoms with Gasteiger partial charge in [0.15, 0.2) is 0 Å². The molecule has 3 heteroatoms. The number of allylic oxidation sites excluding steroid dienone is 1. The summed E-state index contributed by atoms with van der Waals surface area (Å²) < 4.78 is 0. The molecule has 2 rings (SSSR count). The van der Waals surface area contributed by atoms with Gasteiger partial charge in [-0.15, -0.1) is 0 Å². The first-order valence-electron chi connectivity index (χ1n) is 6.60. The van der Waals surface area contributed by atoms with Crippen LogP contribution in [-0.2, 0) is 6.54 Å². The highest BCUT2D eigenvalue weighted by Crippen LogP contribution is 2.11. The van der Waals surface area contributed by atoms with Crippen LogP contribution in [0.1, 0.15) is 18.1 Å². The number of carbonyl (C=O) groups is 1. The van der Waals surface area contributed by atoms with Crippen molar-refractivity contribution in [3.63, 3.8) is 0 Å². The van der Waals surface area contributed by atoms with E-state index in [1.165, 1.54) is 0 Å². The summed E-state index contributed by atoms with van der Waals surface area (Å²) in [6.45, 7) is 2.48. The zero-order valence-electron chi connectivity index (χ0n) is 11.5. The van der Waals surface area contributed by atoms with Crippen LogP contribution in [0.25, 0.3) is 6.08 Å². The Morgan fingerprint density at radius 1 is 1.05 bits per heavy atom. The molecule has 0 saturated carbocycles. The Labute approximate surface area is 119 Å². The van der Waals surface area contributed by atoms with E-state index >= 15 is 0 Å². The number of carbonyl (C=O) groups excluding carboxylic acids is 1. The second-order valence-electron chi connectivity index (χ2n) is 4.37.